The van der Waals surface area contributed by atoms with Crippen LogP contribution in [0.15, 0.2) is 89.4 Å². The summed E-state index contributed by atoms with van der Waals surface area (Å²) in [5.41, 5.74) is 6.92. The summed E-state index contributed by atoms with van der Waals surface area (Å²) in [6.07, 6.45) is 0. The Balaban J connectivity index is 1.80. The number of benzene rings is 3. The molecule has 0 saturated carbocycles. The second-order valence-corrected chi connectivity index (χ2v) is 6.46. The van der Waals surface area contributed by atoms with Crippen LogP contribution in [0.3, 0.4) is 0 Å². The van der Waals surface area contributed by atoms with Crippen molar-refractivity contribution in [3.8, 4) is 0 Å². The van der Waals surface area contributed by atoms with Crippen molar-refractivity contribution in [1.29, 1.82) is 0 Å². The van der Waals surface area contributed by atoms with E-state index in [9.17, 15) is 0 Å². The Morgan fingerprint density at radius 2 is 1.05 bits per heavy atom. The Bertz CT molecular complexity index is 815. The maximum absolute atomic E-state index is 3.52. The summed E-state index contributed by atoms with van der Waals surface area (Å²) >= 11 is 3.52. The lowest BCUT2D eigenvalue weighted by atomic mass is 10.0. The van der Waals surface area contributed by atoms with E-state index in [1.807, 2.05) is 0 Å². The van der Waals surface area contributed by atoms with Gasteiger partial charge in [0.15, 0.2) is 0 Å². The number of halogens is 1. The lowest BCUT2D eigenvalue weighted by Crippen LogP contribution is -1.85. The summed E-state index contributed by atoms with van der Waals surface area (Å²) in [4.78, 5) is 0. The molecule has 0 radical (unpaired) electrons. The molecule has 106 valence electrons. The lowest BCUT2D eigenvalue weighted by molar-refractivity contribution is 1.25. The third kappa shape index (κ3) is 2.42. The fourth-order valence-corrected chi connectivity index (χ4v) is 3.36. The van der Waals surface area contributed by atoms with Crippen molar-refractivity contribution in [3.05, 3.63) is 106 Å². The van der Waals surface area contributed by atoms with Crippen LogP contribution in [0, 0.1) is 0 Å². The van der Waals surface area contributed by atoms with Gasteiger partial charge in [0.25, 0.3) is 0 Å². The summed E-state index contributed by atoms with van der Waals surface area (Å²) in [6.45, 7) is 0. The first-order chi connectivity index (χ1) is 10.8. The Labute approximate surface area is 139 Å². The van der Waals surface area contributed by atoms with Gasteiger partial charge < -0.3 is 0 Å². The van der Waals surface area contributed by atoms with Crippen LogP contribution >= 0.6 is 15.9 Å². The van der Waals surface area contributed by atoms with Crippen molar-refractivity contribution < 1.29 is 0 Å². The van der Waals surface area contributed by atoms with Gasteiger partial charge in [-0.3, -0.25) is 0 Å². The third-order valence-electron chi connectivity index (χ3n) is 4.16. The largest absolute Gasteiger partial charge is 0.0622 e. The summed E-state index contributed by atoms with van der Waals surface area (Å²) in [6, 6.07) is 30.1. The second kappa shape index (κ2) is 5.58. The average molecular weight is 347 g/mol. The highest BCUT2D eigenvalue weighted by Gasteiger charge is 2.39. The van der Waals surface area contributed by atoms with Gasteiger partial charge in [0, 0.05) is 10.4 Å². The van der Waals surface area contributed by atoms with Crippen molar-refractivity contribution in [2.45, 2.75) is 5.92 Å². The van der Waals surface area contributed by atoms with E-state index in [4.69, 9.17) is 0 Å². The van der Waals surface area contributed by atoms with Crippen LogP contribution in [0.1, 0.15) is 22.6 Å². The molecule has 1 aliphatic rings. The minimum atomic E-state index is 0.421. The van der Waals surface area contributed by atoms with Gasteiger partial charge >= 0.3 is 0 Å². The lowest BCUT2D eigenvalue weighted by Gasteiger charge is -2.03. The fraction of sp³-hybridized carbons (Fsp3) is 0.0476. The van der Waals surface area contributed by atoms with Gasteiger partial charge in [-0.2, -0.15) is 0 Å². The SMILES string of the molecule is Brc1ccc(C2=C(c3ccccc3)C2c2ccccc2)cc1. The van der Waals surface area contributed by atoms with Crippen molar-refractivity contribution in [2.75, 3.05) is 0 Å². The maximum atomic E-state index is 3.52. The van der Waals surface area contributed by atoms with Crippen LogP contribution in [0.2, 0.25) is 0 Å². The molecule has 0 spiro atoms. The second-order valence-electron chi connectivity index (χ2n) is 5.54. The van der Waals surface area contributed by atoms with Gasteiger partial charge in [-0.25, -0.2) is 0 Å². The molecule has 1 atom stereocenters. The molecule has 1 heteroatoms. The molecule has 0 bridgehead atoms. The number of rotatable bonds is 3. The van der Waals surface area contributed by atoms with E-state index in [0.29, 0.717) is 5.92 Å². The van der Waals surface area contributed by atoms with E-state index >= 15 is 0 Å². The molecule has 4 rings (SSSR count). The molecule has 0 N–H and O–H groups in total. The Kier molecular flexibility index (Phi) is 3.44. The Morgan fingerprint density at radius 3 is 1.64 bits per heavy atom. The van der Waals surface area contributed by atoms with Crippen LogP contribution in [-0.4, -0.2) is 0 Å². The molecule has 22 heavy (non-hydrogen) atoms. The van der Waals surface area contributed by atoms with Crippen LogP contribution in [-0.2, 0) is 0 Å². The number of hydrogen-bond acceptors (Lipinski definition) is 0. The molecule has 0 heterocycles. The van der Waals surface area contributed by atoms with E-state index in [2.05, 4.69) is 101 Å². The highest BCUT2D eigenvalue weighted by Crippen LogP contribution is 2.59. The zero-order valence-electron chi connectivity index (χ0n) is 12.0. The minimum absolute atomic E-state index is 0.421. The highest BCUT2D eigenvalue weighted by atomic mass is 79.9. The summed E-state index contributed by atoms with van der Waals surface area (Å²) < 4.78 is 1.12. The fourth-order valence-electron chi connectivity index (χ4n) is 3.09. The Morgan fingerprint density at radius 1 is 0.545 bits per heavy atom. The minimum Gasteiger partial charge on any atom is -0.0622 e. The molecule has 0 aromatic heterocycles. The third-order valence-corrected chi connectivity index (χ3v) is 4.69. The molecule has 0 amide bonds. The van der Waals surface area contributed by atoms with Crippen LogP contribution in [0.5, 0.6) is 0 Å². The first-order valence-corrected chi connectivity index (χ1v) is 8.24. The van der Waals surface area contributed by atoms with Crippen LogP contribution in [0.25, 0.3) is 11.1 Å². The molecular weight excluding hydrogens is 332 g/mol. The first-order valence-electron chi connectivity index (χ1n) is 7.45. The molecular formula is C21H15Br. The van der Waals surface area contributed by atoms with Crippen molar-refractivity contribution in [2.24, 2.45) is 0 Å². The predicted molar refractivity (Wildman–Crippen MR) is 96.6 cm³/mol. The molecule has 1 unspecified atom stereocenters. The molecule has 1 aliphatic carbocycles. The molecule has 3 aromatic rings. The van der Waals surface area contributed by atoms with E-state index in [1.54, 1.807) is 0 Å². The first kappa shape index (κ1) is 13.5. The maximum Gasteiger partial charge on any atom is 0.0358 e. The quantitative estimate of drug-likeness (QED) is 0.532. The topological polar surface area (TPSA) is 0 Å². The van der Waals surface area contributed by atoms with Gasteiger partial charge in [-0.1, -0.05) is 88.7 Å². The van der Waals surface area contributed by atoms with E-state index in [-0.39, 0.29) is 0 Å². The molecule has 0 aliphatic heterocycles. The van der Waals surface area contributed by atoms with Gasteiger partial charge in [-0.15, -0.1) is 0 Å². The van der Waals surface area contributed by atoms with Gasteiger partial charge in [0.05, 0.1) is 0 Å². The average Bonchev–Trinajstić information content (AvgIpc) is 3.33. The molecule has 0 fully saturated rings. The normalized spacial score (nSPS) is 16.7. The summed E-state index contributed by atoms with van der Waals surface area (Å²) in [5.74, 6) is 0.421. The zero-order chi connectivity index (χ0) is 14.9. The van der Waals surface area contributed by atoms with Crippen molar-refractivity contribution in [1.82, 2.24) is 0 Å². The van der Waals surface area contributed by atoms with Crippen molar-refractivity contribution >= 4 is 27.1 Å². The molecule has 3 aromatic carbocycles. The van der Waals surface area contributed by atoms with E-state index < -0.39 is 0 Å². The smallest absolute Gasteiger partial charge is 0.0358 e. The molecule has 0 nitrogen and oxygen atoms in total. The monoisotopic (exact) mass is 346 g/mol. The van der Waals surface area contributed by atoms with Gasteiger partial charge in [-0.05, 0) is 40.0 Å². The van der Waals surface area contributed by atoms with Crippen LogP contribution in [0.4, 0.5) is 0 Å². The van der Waals surface area contributed by atoms with E-state index in [0.717, 1.165) is 4.47 Å². The standard InChI is InChI=1S/C21H15Br/c22-18-13-11-17(12-14-18)21-19(15-7-3-1-4-8-15)20(21)16-9-5-2-6-10-16/h1-14,19H. The molecule has 0 saturated heterocycles. The van der Waals surface area contributed by atoms with E-state index in [1.165, 1.54) is 27.8 Å². The van der Waals surface area contributed by atoms with Gasteiger partial charge in [0.1, 0.15) is 0 Å². The Hall–Kier alpha value is -2.12. The number of allylic oxidation sites excluding steroid dienone is 2. The zero-order valence-corrected chi connectivity index (χ0v) is 13.6. The van der Waals surface area contributed by atoms with Crippen LogP contribution < -0.4 is 0 Å². The highest BCUT2D eigenvalue weighted by molar-refractivity contribution is 9.10. The van der Waals surface area contributed by atoms with Gasteiger partial charge in [0.2, 0.25) is 0 Å². The predicted octanol–water partition coefficient (Wildman–Crippen LogP) is 6.16. The summed E-state index contributed by atoms with van der Waals surface area (Å²) in [5, 5.41) is 0. The van der Waals surface area contributed by atoms with Crippen molar-refractivity contribution in [3.63, 3.8) is 0 Å². The number of hydrogen-bond donors (Lipinski definition) is 0. The summed E-state index contributed by atoms with van der Waals surface area (Å²) in [7, 11) is 0.